The third-order valence-corrected chi connectivity index (χ3v) is 3.02. The number of halogens is 1. The minimum absolute atomic E-state index is 0.241. The number of benzene rings is 2. The van der Waals surface area contributed by atoms with Crippen LogP contribution in [0, 0.1) is 0 Å². The van der Waals surface area contributed by atoms with Gasteiger partial charge >= 0.3 is 0 Å². The molecule has 0 saturated carbocycles. The predicted octanol–water partition coefficient (Wildman–Crippen LogP) is 3.72. The van der Waals surface area contributed by atoms with Gasteiger partial charge in [-0.05, 0) is 35.4 Å². The number of phenolic OH excluding ortho intramolecular Hbond substituents is 1. The molecule has 0 aromatic heterocycles. The minimum atomic E-state index is 0.241. The molecule has 0 fully saturated rings. The van der Waals surface area contributed by atoms with E-state index in [0.717, 1.165) is 11.1 Å². The van der Waals surface area contributed by atoms with E-state index in [9.17, 15) is 5.11 Å². The maximum absolute atomic E-state index is 9.22. The van der Waals surface area contributed by atoms with Crippen LogP contribution in [-0.2, 0) is 12.5 Å². The number of alkyl halides is 1. The summed E-state index contributed by atoms with van der Waals surface area (Å²) in [5, 5.41) is 9.22. The van der Waals surface area contributed by atoms with Crippen molar-refractivity contribution in [2.24, 2.45) is 0 Å². The van der Waals surface area contributed by atoms with Crippen molar-refractivity contribution >= 4 is 11.6 Å². The number of hydrogen-bond donors (Lipinski definition) is 1. The highest BCUT2D eigenvalue weighted by molar-refractivity contribution is 6.17. The molecule has 19 heavy (non-hydrogen) atoms. The van der Waals surface area contributed by atoms with E-state index in [1.165, 1.54) is 0 Å². The first-order valence-corrected chi connectivity index (χ1v) is 6.40. The molecule has 3 nitrogen and oxygen atoms in total. The highest BCUT2D eigenvalue weighted by atomic mass is 35.5. The summed E-state index contributed by atoms with van der Waals surface area (Å²) in [6.07, 6.45) is 0. The van der Waals surface area contributed by atoms with Crippen molar-refractivity contribution in [3.05, 3.63) is 53.6 Å². The van der Waals surface area contributed by atoms with Crippen molar-refractivity contribution in [3.8, 4) is 17.2 Å². The van der Waals surface area contributed by atoms with Gasteiger partial charge in [0, 0.05) is 5.88 Å². The topological polar surface area (TPSA) is 38.7 Å². The van der Waals surface area contributed by atoms with Crippen LogP contribution >= 0.6 is 11.6 Å². The van der Waals surface area contributed by atoms with Gasteiger partial charge < -0.3 is 14.6 Å². The van der Waals surface area contributed by atoms with Gasteiger partial charge in [0.25, 0.3) is 0 Å². The molecule has 0 spiro atoms. The lowest BCUT2D eigenvalue weighted by Gasteiger charge is -2.11. The van der Waals surface area contributed by atoms with Crippen molar-refractivity contribution < 1.29 is 14.6 Å². The summed E-state index contributed by atoms with van der Waals surface area (Å²) in [5.74, 6) is 2.01. The molecule has 100 valence electrons. The monoisotopic (exact) mass is 278 g/mol. The van der Waals surface area contributed by atoms with Crippen molar-refractivity contribution in [3.63, 3.8) is 0 Å². The number of aromatic hydroxyl groups is 1. The van der Waals surface area contributed by atoms with Crippen LogP contribution < -0.4 is 9.47 Å². The summed E-state index contributed by atoms with van der Waals surface area (Å²) < 4.78 is 11.0. The molecule has 0 bridgehead atoms. The molecule has 0 unspecified atom stereocenters. The van der Waals surface area contributed by atoms with Gasteiger partial charge in [-0.25, -0.2) is 0 Å². The Morgan fingerprint density at radius 2 is 1.68 bits per heavy atom. The zero-order valence-electron chi connectivity index (χ0n) is 10.6. The fraction of sp³-hybridized carbons (Fsp3) is 0.200. The molecule has 0 atom stereocenters. The van der Waals surface area contributed by atoms with Crippen LogP contribution in [0.3, 0.4) is 0 Å². The smallest absolute Gasteiger partial charge is 0.161 e. The molecule has 0 amide bonds. The summed E-state index contributed by atoms with van der Waals surface area (Å²) in [6, 6.07) is 12.5. The van der Waals surface area contributed by atoms with Crippen LogP contribution in [0.1, 0.15) is 11.1 Å². The molecule has 2 aromatic carbocycles. The average molecular weight is 279 g/mol. The summed E-state index contributed by atoms with van der Waals surface area (Å²) >= 11 is 5.80. The first kappa shape index (κ1) is 13.6. The number of methoxy groups -OCH3 is 1. The molecule has 0 saturated heterocycles. The fourth-order valence-corrected chi connectivity index (χ4v) is 1.84. The molecule has 0 aliphatic carbocycles. The molecule has 2 aromatic rings. The van der Waals surface area contributed by atoms with Crippen LogP contribution in [0.25, 0.3) is 0 Å². The quantitative estimate of drug-likeness (QED) is 0.847. The van der Waals surface area contributed by atoms with Crippen molar-refractivity contribution in [1.82, 2.24) is 0 Å². The maximum Gasteiger partial charge on any atom is 0.161 e. The summed E-state index contributed by atoms with van der Waals surface area (Å²) in [6.45, 7) is 0.405. The van der Waals surface area contributed by atoms with Crippen molar-refractivity contribution in [1.29, 1.82) is 0 Å². The molecule has 0 heterocycles. The molecule has 0 radical (unpaired) electrons. The molecule has 2 rings (SSSR count). The molecule has 4 heteroatoms. The van der Waals surface area contributed by atoms with E-state index in [4.69, 9.17) is 21.1 Å². The van der Waals surface area contributed by atoms with Crippen LogP contribution in [0.4, 0.5) is 0 Å². The Hall–Kier alpha value is -1.87. The Labute approximate surface area is 117 Å². The number of rotatable bonds is 5. The number of ether oxygens (including phenoxy) is 2. The van der Waals surface area contributed by atoms with Crippen molar-refractivity contribution in [2.45, 2.75) is 12.5 Å². The highest BCUT2D eigenvalue weighted by Gasteiger charge is 2.06. The first-order chi connectivity index (χ1) is 9.22. The third kappa shape index (κ3) is 3.55. The van der Waals surface area contributed by atoms with E-state index >= 15 is 0 Å². The second kappa shape index (κ2) is 6.34. The molecule has 0 aliphatic rings. The van der Waals surface area contributed by atoms with Gasteiger partial charge in [0.2, 0.25) is 0 Å². The van der Waals surface area contributed by atoms with Crippen molar-refractivity contribution in [2.75, 3.05) is 7.11 Å². The van der Waals surface area contributed by atoms with E-state index in [1.54, 1.807) is 19.2 Å². The van der Waals surface area contributed by atoms with Gasteiger partial charge in [-0.3, -0.25) is 0 Å². The average Bonchev–Trinajstić information content (AvgIpc) is 2.46. The van der Waals surface area contributed by atoms with Crippen LogP contribution in [0.15, 0.2) is 42.5 Å². The molecular formula is C15H15ClO3. The lowest BCUT2D eigenvalue weighted by atomic mass is 10.2. The summed E-state index contributed by atoms with van der Waals surface area (Å²) in [5.41, 5.74) is 1.94. The number of hydrogen-bond acceptors (Lipinski definition) is 3. The van der Waals surface area contributed by atoms with E-state index in [0.29, 0.717) is 24.0 Å². The maximum atomic E-state index is 9.22. The Morgan fingerprint density at radius 3 is 2.32 bits per heavy atom. The molecular weight excluding hydrogens is 264 g/mol. The van der Waals surface area contributed by atoms with E-state index in [-0.39, 0.29) is 5.75 Å². The summed E-state index contributed by atoms with van der Waals surface area (Å²) in [4.78, 5) is 0. The third-order valence-electron chi connectivity index (χ3n) is 2.71. The van der Waals surface area contributed by atoms with Gasteiger partial charge in [0.15, 0.2) is 11.5 Å². The van der Waals surface area contributed by atoms with Gasteiger partial charge in [-0.15, -0.1) is 11.6 Å². The Bertz CT molecular complexity index is 538. The Balaban J connectivity index is 2.11. The van der Waals surface area contributed by atoms with Crippen LogP contribution in [0.5, 0.6) is 17.2 Å². The van der Waals surface area contributed by atoms with Crippen LogP contribution in [-0.4, -0.2) is 12.2 Å². The Morgan fingerprint density at radius 1 is 1.00 bits per heavy atom. The number of phenols is 1. The zero-order chi connectivity index (χ0) is 13.7. The highest BCUT2D eigenvalue weighted by Crippen LogP contribution is 2.29. The predicted molar refractivity (Wildman–Crippen MR) is 75.0 cm³/mol. The second-order valence-electron chi connectivity index (χ2n) is 4.07. The summed E-state index contributed by atoms with van der Waals surface area (Å²) in [7, 11) is 1.60. The standard InChI is InChI=1S/C15H15ClO3/c1-18-14-7-4-12(9-16)8-15(14)19-10-11-2-5-13(17)6-3-11/h2-8,17H,9-10H2,1H3. The molecule has 0 aliphatic heterocycles. The lowest BCUT2D eigenvalue weighted by Crippen LogP contribution is -1.98. The molecule has 1 N–H and O–H groups in total. The zero-order valence-corrected chi connectivity index (χ0v) is 11.4. The largest absolute Gasteiger partial charge is 0.508 e. The van der Waals surface area contributed by atoms with E-state index in [1.807, 2.05) is 30.3 Å². The first-order valence-electron chi connectivity index (χ1n) is 5.86. The van der Waals surface area contributed by atoms with Crippen LogP contribution in [0.2, 0.25) is 0 Å². The lowest BCUT2D eigenvalue weighted by molar-refractivity contribution is 0.284. The Kier molecular flexibility index (Phi) is 4.53. The van der Waals surface area contributed by atoms with E-state index in [2.05, 4.69) is 0 Å². The normalized spacial score (nSPS) is 10.2. The van der Waals surface area contributed by atoms with Gasteiger partial charge in [0.05, 0.1) is 7.11 Å². The van der Waals surface area contributed by atoms with Gasteiger partial charge in [-0.2, -0.15) is 0 Å². The SMILES string of the molecule is COc1ccc(CCl)cc1OCc1ccc(O)cc1. The second-order valence-corrected chi connectivity index (χ2v) is 4.34. The van der Waals surface area contributed by atoms with Gasteiger partial charge in [0.1, 0.15) is 12.4 Å². The van der Waals surface area contributed by atoms with Gasteiger partial charge in [-0.1, -0.05) is 18.2 Å². The van der Waals surface area contributed by atoms with E-state index < -0.39 is 0 Å². The minimum Gasteiger partial charge on any atom is -0.508 e. The fourth-order valence-electron chi connectivity index (χ4n) is 1.67.